The lowest BCUT2D eigenvalue weighted by Gasteiger charge is -2.30. The summed E-state index contributed by atoms with van der Waals surface area (Å²) in [6.07, 6.45) is 1.93. The average Bonchev–Trinajstić information content (AvgIpc) is 2.39. The molecule has 0 heterocycles. The molecule has 1 rings (SSSR count). The van der Waals surface area contributed by atoms with Gasteiger partial charge in [0, 0.05) is 10.5 Å². The number of hydrogen-bond acceptors (Lipinski definition) is 3. The summed E-state index contributed by atoms with van der Waals surface area (Å²) in [5.74, 6) is 7.20. The smallest absolute Gasteiger partial charge is 0.119 e. The Morgan fingerprint density at radius 3 is 2.50 bits per heavy atom. The lowest BCUT2D eigenvalue weighted by atomic mass is 9.78. The maximum atomic E-state index is 5.74. The first-order valence-corrected chi connectivity index (χ1v) is 7.85. The first kappa shape index (κ1) is 17.5. The van der Waals surface area contributed by atoms with Crippen molar-refractivity contribution in [1.29, 1.82) is 0 Å². The van der Waals surface area contributed by atoms with Crippen LogP contribution in [0.4, 0.5) is 0 Å². The van der Waals surface area contributed by atoms with E-state index in [4.69, 9.17) is 10.6 Å². The molecule has 0 amide bonds. The number of nitrogens with one attached hydrogen (secondary N) is 1. The van der Waals surface area contributed by atoms with Crippen LogP contribution in [0.15, 0.2) is 22.7 Å². The summed E-state index contributed by atoms with van der Waals surface area (Å²) in [4.78, 5) is 0. The summed E-state index contributed by atoms with van der Waals surface area (Å²) in [6.45, 7) is 9.09. The zero-order valence-corrected chi connectivity index (χ0v) is 14.8. The number of rotatable bonds is 6. The molecule has 4 heteroatoms. The van der Waals surface area contributed by atoms with Crippen LogP contribution in [0, 0.1) is 11.3 Å². The van der Waals surface area contributed by atoms with E-state index in [0.717, 1.165) is 23.1 Å². The normalized spacial score (nSPS) is 14.9. The molecule has 3 nitrogen and oxygen atoms in total. The third kappa shape index (κ3) is 5.08. The molecule has 114 valence electrons. The van der Waals surface area contributed by atoms with Gasteiger partial charge >= 0.3 is 0 Å². The molecule has 0 bridgehead atoms. The second-order valence-electron chi connectivity index (χ2n) is 6.53. The maximum absolute atomic E-state index is 5.74. The topological polar surface area (TPSA) is 47.3 Å². The fourth-order valence-electron chi connectivity index (χ4n) is 2.09. The highest BCUT2D eigenvalue weighted by Crippen LogP contribution is 2.30. The fraction of sp³-hybridized carbons (Fsp3) is 0.625. The van der Waals surface area contributed by atoms with E-state index in [0.29, 0.717) is 11.3 Å². The zero-order valence-electron chi connectivity index (χ0n) is 13.2. The quantitative estimate of drug-likeness (QED) is 0.608. The van der Waals surface area contributed by atoms with Crippen LogP contribution in [-0.4, -0.2) is 13.2 Å². The van der Waals surface area contributed by atoms with E-state index >= 15 is 0 Å². The van der Waals surface area contributed by atoms with Crippen molar-refractivity contribution < 1.29 is 4.74 Å². The molecule has 0 fully saturated rings. The van der Waals surface area contributed by atoms with Crippen molar-refractivity contribution in [3.05, 3.63) is 28.2 Å². The molecule has 0 saturated carbocycles. The maximum Gasteiger partial charge on any atom is 0.119 e. The van der Waals surface area contributed by atoms with Gasteiger partial charge in [0.25, 0.3) is 0 Å². The number of halogens is 1. The third-order valence-electron chi connectivity index (χ3n) is 4.07. The van der Waals surface area contributed by atoms with Gasteiger partial charge in [0.15, 0.2) is 0 Å². The van der Waals surface area contributed by atoms with Gasteiger partial charge in [-0.05, 0) is 47.9 Å². The fourth-order valence-corrected chi connectivity index (χ4v) is 2.50. The lowest BCUT2D eigenvalue weighted by Crippen LogP contribution is -2.39. The molecule has 0 aliphatic rings. The van der Waals surface area contributed by atoms with Crippen LogP contribution in [-0.2, 0) is 6.42 Å². The van der Waals surface area contributed by atoms with Crippen molar-refractivity contribution in [2.24, 2.45) is 17.2 Å². The Balaban J connectivity index is 2.78. The second kappa shape index (κ2) is 7.43. The van der Waals surface area contributed by atoms with Crippen molar-refractivity contribution in [2.45, 2.75) is 46.6 Å². The molecule has 0 aliphatic heterocycles. The van der Waals surface area contributed by atoms with Gasteiger partial charge in [-0.15, -0.1) is 0 Å². The third-order valence-corrected chi connectivity index (χ3v) is 4.84. The van der Waals surface area contributed by atoms with Gasteiger partial charge in [0.05, 0.1) is 7.11 Å². The lowest BCUT2D eigenvalue weighted by molar-refractivity contribution is 0.222. The van der Waals surface area contributed by atoms with Crippen LogP contribution < -0.4 is 16.0 Å². The van der Waals surface area contributed by atoms with Crippen molar-refractivity contribution in [3.8, 4) is 5.75 Å². The Bertz CT molecular complexity index is 429. The van der Waals surface area contributed by atoms with Crippen LogP contribution in [0.1, 0.15) is 39.7 Å². The Morgan fingerprint density at radius 1 is 1.35 bits per heavy atom. The monoisotopic (exact) mass is 342 g/mol. The first-order chi connectivity index (χ1) is 9.27. The predicted octanol–water partition coefficient (Wildman–Crippen LogP) is 3.90. The van der Waals surface area contributed by atoms with E-state index in [-0.39, 0.29) is 6.04 Å². The molecular formula is C16H27BrN2O. The van der Waals surface area contributed by atoms with Crippen LogP contribution >= 0.6 is 15.9 Å². The van der Waals surface area contributed by atoms with Gasteiger partial charge in [-0.25, -0.2) is 0 Å². The Hall–Kier alpha value is -0.580. The van der Waals surface area contributed by atoms with Gasteiger partial charge in [0.2, 0.25) is 0 Å². The summed E-state index contributed by atoms with van der Waals surface area (Å²) < 4.78 is 6.39. The molecule has 1 aromatic rings. The largest absolute Gasteiger partial charge is 0.497 e. The van der Waals surface area contributed by atoms with Crippen molar-refractivity contribution in [2.75, 3.05) is 7.11 Å². The first-order valence-electron chi connectivity index (χ1n) is 7.06. The van der Waals surface area contributed by atoms with E-state index in [1.165, 1.54) is 5.56 Å². The van der Waals surface area contributed by atoms with E-state index in [1.807, 2.05) is 12.1 Å². The van der Waals surface area contributed by atoms with Crippen LogP contribution in [0.3, 0.4) is 0 Å². The number of hydrogen-bond donors (Lipinski definition) is 2. The molecule has 0 radical (unpaired) electrons. The molecule has 2 atom stereocenters. The van der Waals surface area contributed by atoms with Gasteiger partial charge in [-0.1, -0.05) is 43.6 Å². The van der Waals surface area contributed by atoms with Gasteiger partial charge in [-0.2, -0.15) is 0 Å². The second-order valence-corrected chi connectivity index (χ2v) is 7.38. The molecule has 3 N–H and O–H groups in total. The van der Waals surface area contributed by atoms with Crippen LogP contribution in [0.2, 0.25) is 0 Å². The highest BCUT2D eigenvalue weighted by Gasteiger charge is 2.23. The zero-order chi connectivity index (χ0) is 15.3. The number of benzene rings is 1. The van der Waals surface area contributed by atoms with Crippen molar-refractivity contribution in [3.63, 3.8) is 0 Å². The van der Waals surface area contributed by atoms with E-state index < -0.39 is 0 Å². The van der Waals surface area contributed by atoms with E-state index in [9.17, 15) is 0 Å². The SMILES string of the molecule is COc1ccc(Br)c(CC(CC(C)C(C)(C)C)NN)c1. The Kier molecular flexibility index (Phi) is 6.49. The van der Waals surface area contributed by atoms with Crippen LogP contribution in [0.5, 0.6) is 5.75 Å². The molecule has 0 spiro atoms. The van der Waals surface area contributed by atoms with Crippen molar-refractivity contribution in [1.82, 2.24) is 5.43 Å². The van der Waals surface area contributed by atoms with Crippen LogP contribution in [0.25, 0.3) is 0 Å². The van der Waals surface area contributed by atoms with Gasteiger partial charge in [-0.3, -0.25) is 11.3 Å². The summed E-state index contributed by atoms with van der Waals surface area (Å²) in [7, 11) is 1.69. The minimum absolute atomic E-state index is 0.257. The van der Waals surface area contributed by atoms with E-state index in [1.54, 1.807) is 7.11 Å². The molecule has 0 aliphatic carbocycles. The summed E-state index contributed by atoms with van der Waals surface area (Å²) >= 11 is 3.60. The van der Waals surface area contributed by atoms with Crippen molar-refractivity contribution >= 4 is 15.9 Å². The average molecular weight is 343 g/mol. The Labute approximate surface area is 131 Å². The summed E-state index contributed by atoms with van der Waals surface area (Å²) in [5.41, 5.74) is 4.47. The molecule has 0 saturated heterocycles. The minimum atomic E-state index is 0.257. The molecule has 1 aromatic carbocycles. The van der Waals surface area contributed by atoms with Gasteiger partial charge in [0.1, 0.15) is 5.75 Å². The van der Waals surface area contributed by atoms with E-state index in [2.05, 4.69) is 55.1 Å². The summed E-state index contributed by atoms with van der Waals surface area (Å²) in [6, 6.07) is 6.30. The minimum Gasteiger partial charge on any atom is -0.497 e. The predicted molar refractivity (Wildman–Crippen MR) is 88.7 cm³/mol. The standard InChI is InChI=1S/C16H27BrN2O/c1-11(16(2,3)4)8-13(19-18)9-12-10-14(20-5)6-7-15(12)17/h6-7,10-11,13,19H,8-9,18H2,1-5H3. The molecule has 0 aromatic heterocycles. The van der Waals surface area contributed by atoms with Gasteiger partial charge < -0.3 is 4.74 Å². The summed E-state index contributed by atoms with van der Waals surface area (Å²) in [5, 5.41) is 0. The number of nitrogens with two attached hydrogens (primary N) is 1. The highest BCUT2D eigenvalue weighted by molar-refractivity contribution is 9.10. The number of hydrazine groups is 1. The number of methoxy groups -OCH3 is 1. The Morgan fingerprint density at radius 2 is 2.00 bits per heavy atom. The highest BCUT2D eigenvalue weighted by atomic mass is 79.9. The molecular weight excluding hydrogens is 316 g/mol. The number of ether oxygens (including phenoxy) is 1. The molecule has 2 unspecified atom stereocenters. The molecule has 20 heavy (non-hydrogen) atoms.